The molecule has 1 aliphatic carbocycles. The quantitative estimate of drug-likeness (QED) is 0.504. The van der Waals surface area contributed by atoms with E-state index in [0.717, 1.165) is 48.1 Å². The minimum absolute atomic E-state index is 0.541. The average Bonchev–Trinajstić information content (AvgIpc) is 3.52. The maximum Gasteiger partial charge on any atom is 0.164 e. The van der Waals surface area contributed by atoms with Crippen LogP contribution in [0.25, 0.3) is 21.6 Å². The lowest BCUT2D eigenvalue weighted by Crippen LogP contribution is -2.38. The molecular formula is C22H23N7S. The Morgan fingerprint density at radius 1 is 1.13 bits per heavy atom. The van der Waals surface area contributed by atoms with Crippen molar-refractivity contribution in [2.24, 2.45) is 5.92 Å². The molecule has 0 bridgehead atoms. The molecule has 1 saturated heterocycles. The summed E-state index contributed by atoms with van der Waals surface area (Å²) in [6, 6.07) is 4.00. The fourth-order valence-corrected chi connectivity index (χ4v) is 6.08. The Balaban J connectivity index is 1.42. The van der Waals surface area contributed by atoms with Gasteiger partial charge in [-0.15, -0.1) is 11.3 Å². The molecule has 8 heteroatoms. The van der Waals surface area contributed by atoms with E-state index >= 15 is 0 Å². The van der Waals surface area contributed by atoms with Crippen LogP contribution in [0.4, 0.5) is 5.82 Å². The smallest absolute Gasteiger partial charge is 0.164 e. The van der Waals surface area contributed by atoms with Crippen molar-refractivity contribution in [1.29, 1.82) is 0 Å². The molecule has 152 valence electrons. The number of fused-ring (bicyclic) bond motifs is 3. The van der Waals surface area contributed by atoms with Crippen LogP contribution in [0.2, 0.25) is 0 Å². The third kappa shape index (κ3) is 3.15. The Morgan fingerprint density at radius 3 is 3.00 bits per heavy atom. The number of nitrogens with zero attached hydrogens (tertiary/aromatic N) is 7. The fraction of sp³-hybridized carbons (Fsp3) is 0.409. The molecule has 4 aromatic rings. The van der Waals surface area contributed by atoms with Crippen molar-refractivity contribution in [3.05, 3.63) is 47.6 Å². The van der Waals surface area contributed by atoms with Crippen LogP contribution in [-0.4, -0.2) is 42.8 Å². The molecule has 1 aliphatic heterocycles. The number of aromatic nitrogens is 6. The highest BCUT2D eigenvalue weighted by Gasteiger charge is 2.28. The molecule has 30 heavy (non-hydrogen) atoms. The number of hydrogen-bond acceptors (Lipinski definition) is 7. The second-order valence-corrected chi connectivity index (χ2v) is 9.31. The highest BCUT2D eigenvalue weighted by atomic mass is 32.1. The molecule has 0 radical (unpaired) electrons. The molecular weight excluding hydrogens is 394 g/mol. The Hall–Kier alpha value is -2.87. The highest BCUT2D eigenvalue weighted by molar-refractivity contribution is 7.19. The van der Waals surface area contributed by atoms with Crippen molar-refractivity contribution in [2.45, 2.75) is 38.6 Å². The van der Waals surface area contributed by atoms with Crippen LogP contribution >= 0.6 is 11.3 Å². The van der Waals surface area contributed by atoms with Crippen LogP contribution in [0, 0.1) is 5.92 Å². The molecule has 4 aromatic heterocycles. The van der Waals surface area contributed by atoms with Crippen molar-refractivity contribution in [2.75, 3.05) is 18.0 Å². The first-order valence-electron chi connectivity index (χ1n) is 10.7. The topological polar surface area (TPSA) is 72.6 Å². The molecule has 1 atom stereocenters. The van der Waals surface area contributed by atoms with Crippen LogP contribution in [0.5, 0.6) is 0 Å². The molecule has 0 N–H and O–H groups in total. The second-order valence-electron chi connectivity index (χ2n) is 8.22. The molecule has 6 rings (SSSR count). The molecule has 1 unspecified atom stereocenters. The number of thiophene rings is 1. The van der Waals surface area contributed by atoms with Gasteiger partial charge in [-0.2, -0.15) is 5.10 Å². The Labute approximate surface area is 178 Å². The first-order valence-corrected chi connectivity index (χ1v) is 11.5. The van der Waals surface area contributed by atoms with Gasteiger partial charge < -0.3 is 4.90 Å². The first kappa shape index (κ1) is 17.9. The van der Waals surface area contributed by atoms with Crippen molar-refractivity contribution in [3.8, 4) is 11.4 Å². The van der Waals surface area contributed by atoms with Crippen LogP contribution < -0.4 is 4.90 Å². The van der Waals surface area contributed by atoms with Gasteiger partial charge in [-0.25, -0.2) is 15.0 Å². The Bertz CT molecular complexity index is 1170. The van der Waals surface area contributed by atoms with E-state index in [9.17, 15) is 0 Å². The van der Waals surface area contributed by atoms with Gasteiger partial charge in [0.25, 0.3) is 0 Å². The lowest BCUT2D eigenvalue weighted by Gasteiger charge is -2.34. The standard InChI is InChI=1S/C22H23N7S/c1-6-17-18(7-1)30-22-19(17)21(26-20(27-22)16-5-2-8-23-10-16)28-9-3-4-15(11-28)12-29-14-24-13-25-29/h2,5,8,10,13-15H,1,3-4,6-7,9,11-12H2. The minimum Gasteiger partial charge on any atom is -0.356 e. The summed E-state index contributed by atoms with van der Waals surface area (Å²) in [5.41, 5.74) is 2.46. The molecule has 5 heterocycles. The van der Waals surface area contributed by atoms with E-state index in [1.165, 1.54) is 41.5 Å². The van der Waals surface area contributed by atoms with Crippen LogP contribution in [-0.2, 0) is 19.4 Å². The van der Waals surface area contributed by atoms with E-state index in [4.69, 9.17) is 9.97 Å². The zero-order valence-electron chi connectivity index (χ0n) is 16.7. The summed E-state index contributed by atoms with van der Waals surface area (Å²) in [6.45, 7) is 2.93. The molecule has 0 saturated carbocycles. The van der Waals surface area contributed by atoms with Gasteiger partial charge in [0, 0.05) is 42.5 Å². The number of piperidine rings is 1. The molecule has 2 aliphatic rings. The van der Waals surface area contributed by atoms with Crippen molar-refractivity contribution in [1.82, 2.24) is 29.7 Å². The normalized spacial score (nSPS) is 18.8. The monoisotopic (exact) mass is 417 g/mol. The average molecular weight is 418 g/mol. The number of hydrogen-bond donors (Lipinski definition) is 0. The number of pyridine rings is 1. The molecule has 0 amide bonds. The predicted molar refractivity (Wildman–Crippen MR) is 118 cm³/mol. The van der Waals surface area contributed by atoms with Gasteiger partial charge in [0.2, 0.25) is 0 Å². The molecule has 7 nitrogen and oxygen atoms in total. The van der Waals surface area contributed by atoms with Crippen LogP contribution in [0.3, 0.4) is 0 Å². The summed E-state index contributed by atoms with van der Waals surface area (Å²) in [7, 11) is 0. The van der Waals surface area contributed by atoms with Crippen molar-refractivity contribution >= 4 is 27.4 Å². The first-order chi connectivity index (χ1) is 14.8. The van der Waals surface area contributed by atoms with Crippen molar-refractivity contribution < 1.29 is 0 Å². The largest absolute Gasteiger partial charge is 0.356 e. The summed E-state index contributed by atoms with van der Waals surface area (Å²) >= 11 is 1.86. The zero-order chi connectivity index (χ0) is 19.9. The summed E-state index contributed by atoms with van der Waals surface area (Å²) in [5.74, 6) is 2.43. The summed E-state index contributed by atoms with van der Waals surface area (Å²) < 4.78 is 1.95. The number of aryl methyl sites for hydroxylation is 2. The van der Waals surface area contributed by atoms with E-state index in [-0.39, 0.29) is 0 Å². The SMILES string of the molecule is c1cncc(-c2nc(N3CCCC(Cn4cncn4)C3)c3c4c(sc3n2)CCC4)c1. The fourth-order valence-electron chi connectivity index (χ4n) is 4.83. The van der Waals surface area contributed by atoms with Gasteiger partial charge in [0.15, 0.2) is 5.82 Å². The molecule has 0 spiro atoms. The minimum atomic E-state index is 0.541. The van der Waals surface area contributed by atoms with Crippen LogP contribution in [0.15, 0.2) is 37.2 Å². The molecule has 0 aromatic carbocycles. The number of rotatable bonds is 4. The lowest BCUT2D eigenvalue weighted by atomic mass is 9.97. The Morgan fingerprint density at radius 2 is 2.13 bits per heavy atom. The highest BCUT2D eigenvalue weighted by Crippen LogP contribution is 2.42. The third-order valence-corrected chi connectivity index (χ3v) is 7.38. The van der Waals surface area contributed by atoms with Gasteiger partial charge in [0.1, 0.15) is 23.3 Å². The number of anilines is 1. The van der Waals surface area contributed by atoms with Gasteiger partial charge in [-0.05, 0) is 55.7 Å². The van der Waals surface area contributed by atoms with E-state index in [1.54, 1.807) is 12.5 Å². The third-order valence-electron chi connectivity index (χ3n) is 6.20. The van der Waals surface area contributed by atoms with Crippen molar-refractivity contribution in [3.63, 3.8) is 0 Å². The van der Waals surface area contributed by atoms with E-state index in [1.807, 2.05) is 40.7 Å². The summed E-state index contributed by atoms with van der Waals surface area (Å²) in [4.78, 5) is 23.6. The van der Waals surface area contributed by atoms with E-state index in [2.05, 4.69) is 20.0 Å². The Kier molecular flexibility index (Phi) is 4.44. The van der Waals surface area contributed by atoms with Gasteiger partial charge in [0.05, 0.1) is 5.39 Å². The molecule has 1 fully saturated rings. The predicted octanol–water partition coefficient (Wildman–Crippen LogP) is 3.75. The van der Waals surface area contributed by atoms with E-state index in [0.29, 0.717) is 5.92 Å². The second kappa shape index (κ2) is 7.43. The van der Waals surface area contributed by atoms with Gasteiger partial charge in [-0.1, -0.05) is 0 Å². The maximum absolute atomic E-state index is 5.12. The van der Waals surface area contributed by atoms with Gasteiger partial charge >= 0.3 is 0 Å². The lowest BCUT2D eigenvalue weighted by molar-refractivity contribution is 0.351. The summed E-state index contributed by atoms with van der Waals surface area (Å²) in [6.07, 6.45) is 13.0. The van der Waals surface area contributed by atoms with Gasteiger partial charge in [-0.3, -0.25) is 9.67 Å². The van der Waals surface area contributed by atoms with Crippen LogP contribution in [0.1, 0.15) is 29.7 Å². The zero-order valence-corrected chi connectivity index (χ0v) is 17.6. The van der Waals surface area contributed by atoms with E-state index < -0.39 is 0 Å². The maximum atomic E-state index is 5.12. The summed E-state index contributed by atoms with van der Waals surface area (Å²) in [5, 5.41) is 5.60.